The van der Waals surface area contributed by atoms with Crippen molar-refractivity contribution in [2.75, 3.05) is 6.54 Å². The lowest BCUT2D eigenvalue weighted by Gasteiger charge is -2.19. The molecule has 0 saturated carbocycles. The molecule has 0 radical (unpaired) electrons. The molecule has 0 heterocycles. The highest BCUT2D eigenvalue weighted by Gasteiger charge is 2.19. The van der Waals surface area contributed by atoms with Crippen molar-refractivity contribution in [2.45, 2.75) is 31.4 Å². The van der Waals surface area contributed by atoms with Gasteiger partial charge in [0, 0.05) is 24.4 Å². The first-order chi connectivity index (χ1) is 8.95. The first kappa shape index (κ1) is 16.2. The van der Waals surface area contributed by atoms with Gasteiger partial charge in [-0.3, -0.25) is 4.79 Å². The van der Waals surface area contributed by atoms with Crippen molar-refractivity contribution in [2.24, 2.45) is 0 Å². The number of hydrogen-bond donors (Lipinski definition) is 3. The van der Waals surface area contributed by atoms with Crippen LogP contribution in [0.25, 0.3) is 0 Å². The fourth-order valence-electron chi connectivity index (χ4n) is 1.66. The van der Waals surface area contributed by atoms with Crippen LogP contribution < -0.4 is 5.32 Å². The van der Waals surface area contributed by atoms with E-state index in [-0.39, 0.29) is 18.2 Å². The summed E-state index contributed by atoms with van der Waals surface area (Å²) in [5, 5.41) is 23.0. The van der Waals surface area contributed by atoms with E-state index in [9.17, 15) is 15.0 Å². The minimum atomic E-state index is -1.03. The molecule has 0 saturated heterocycles. The zero-order chi connectivity index (χ0) is 14.4. The molecule has 0 aliphatic carbocycles. The number of rotatable bonds is 6. The predicted octanol–water partition coefficient (Wildman–Crippen LogP) is 2.00. The van der Waals surface area contributed by atoms with Crippen molar-refractivity contribution in [3.05, 3.63) is 34.3 Å². The van der Waals surface area contributed by atoms with Crippen molar-refractivity contribution in [1.82, 2.24) is 5.32 Å². The molecule has 3 N–H and O–H groups in total. The van der Waals surface area contributed by atoms with Crippen molar-refractivity contribution in [3.8, 4) is 0 Å². The number of carbonyl (C=O) groups is 1. The zero-order valence-electron chi connectivity index (χ0n) is 10.6. The summed E-state index contributed by atoms with van der Waals surface area (Å²) in [6.07, 6.45) is -1.73. The number of alkyl halides is 1. The average Bonchev–Trinajstić information content (AvgIpc) is 2.38. The summed E-state index contributed by atoms with van der Waals surface area (Å²) in [5.41, 5.74) is 1.25. The molecule has 19 heavy (non-hydrogen) atoms. The molecule has 0 spiro atoms. The van der Waals surface area contributed by atoms with Gasteiger partial charge in [-0.2, -0.15) is 0 Å². The normalized spacial score (nSPS) is 13.9. The predicted molar refractivity (Wildman–Crippen MR) is 75.3 cm³/mol. The Bertz CT molecular complexity index is 440. The SMILES string of the molecule is CC(=O)NCCC(O)C(O)c1ccc(Cl)c(CCl)c1. The number of amides is 1. The van der Waals surface area contributed by atoms with Crippen LogP contribution >= 0.6 is 23.2 Å². The number of halogens is 2. The van der Waals surface area contributed by atoms with Crippen LogP contribution in [-0.4, -0.2) is 28.8 Å². The smallest absolute Gasteiger partial charge is 0.216 e. The van der Waals surface area contributed by atoms with Gasteiger partial charge in [-0.05, 0) is 23.6 Å². The molecule has 6 heteroatoms. The lowest BCUT2D eigenvalue weighted by molar-refractivity contribution is -0.119. The maximum Gasteiger partial charge on any atom is 0.216 e. The third kappa shape index (κ3) is 4.99. The Morgan fingerprint density at radius 2 is 2.11 bits per heavy atom. The quantitative estimate of drug-likeness (QED) is 0.704. The highest BCUT2D eigenvalue weighted by atomic mass is 35.5. The van der Waals surface area contributed by atoms with Crippen LogP contribution in [0, 0.1) is 0 Å². The fourth-order valence-corrected chi connectivity index (χ4v) is 2.13. The van der Waals surface area contributed by atoms with Crippen LogP contribution in [-0.2, 0) is 10.7 Å². The summed E-state index contributed by atoms with van der Waals surface area (Å²) in [6, 6.07) is 4.95. The van der Waals surface area contributed by atoms with E-state index in [2.05, 4.69) is 5.32 Å². The standard InChI is InChI=1S/C13H17Cl2NO3/c1-8(17)16-5-4-12(18)13(19)9-2-3-11(15)10(6-9)7-14/h2-3,6,12-13,18-19H,4-5,7H2,1H3,(H,16,17). The van der Waals surface area contributed by atoms with Gasteiger partial charge in [0.2, 0.25) is 5.91 Å². The van der Waals surface area contributed by atoms with E-state index >= 15 is 0 Å². The lowest BCUT2D eigenvalue weighted by atomic mass is 10.0. The second-order valence-corrected chi connectivity index (χ2v) is 4.94. The molecular formula is C13H17Cl2NO3. The Morgan fingerprint density at radius 3 is 2.68 bits per heavy atom. The van der Waals surface area contributed by atoms with Crippen LogP contribution in [0.2, 0.25) is 5.02 Å². The number of aliphatic hydroxyl groups is 2. The van der Waals surface area contributed by atoms with E-state index in [0.29, 0.717) is 22.7 Å². The molecule has 0 aromatic heterocycles. The molecule has 4 nitrogen and oxygen atoms in total. The van der Waals surface area contributed by atoms with Gasteiger partial charge in [0.25, 0.3) is 0 Å². The van der Waals surface area contributed by atoms with Gasteiger partial charge in [0.15, 0.2) is 0 Å². The summed E-state index contributed by atoms with van der Waals surface area (Å²) in [6.45, 7) is 1.71. The highest BCUT2D eigenvalue weighted by Crippen LogP contribution is 2.25. The monoisotopic (exact) mass is 305 g/mol. The summed E-state index contributed by atoms with van der Waals surface area (Å²) < 4.78 is 0. The van der Waals surface area contributed by atoms with Crippen LogP contribution in [0.15, 0.2) is 18.2 Å². The van der Waals surface area contributed by atoms with Gasteiger partial charge >= 0.3 is 0 Å². The Morgan fingerprint density at radius 1 is 1.42 bits per heavy atom. The molecule has 0 aliphatic heterocycles. The first-order valence-electron chi connectivity index (χ1n) is 5.90. The van der Waals surface area contributed by atoms with Crippen LogP contribution in [0.3, 0.4) is 0 Å². The molecule has 0 bridgehead atoms. The van der Waals surface area contributed by atoms with E-state index < -0.39 is 12.2 Å². The molecule has 106 valence electrons. The second kappa shape index (κ2) is 7.70. The van der Waals surface area contributed by atoms with Gasteiger partial charge in [0.05, 0.1) is 6.10 Å². The number of aliphatic hydroxyl groups excluding tert-OH is 2. The Labute approximate surface area is 122 Å². The fraction of sp³-hybridized carbons (Fsp3) is 0.462. The minimum absolute atomic E-state index is 0.169. The van der Waals surface area contributed by atoms with Gasteiger partial charge in [-0.1, -0.05) is 23.7 Å². The molecule has 1 aromatic rings. The molecule has 0 fully saturated rings. The third-order valence-electron chi connectivity index (χ3n) is 2.73. The van der Waals surface area contributed by atoms with Gasteiger partial charge < -0.3 is 15.5 Å². The van der Waals surface area contributed by atoms with Gasteiger partial charge in [0.1, 0.15) is 6.10 Å². The van der Waals surface area contributed by atoms with Crippen LogP contribution in [0.4, 0.5) is 0 Å². The minimum Gasteiger partial charge on any atom is -0.390 e. The van der Waals surface area contributed by atoms with Crippen molar-refractivity contribution >= 4 is 29.1 Å². The van der Waals surface area contributed by atoms with Crippen LogP contribution in [0.5, 0.6) is 0 Å². The van der Waals surface area contributed by atoms with Crippen LogP contribution in [0.1, 0.15) is 30.6 Å². The number of carbonyl (C=O) groups excluding carboxylic acids is 1. The largest absolute Gasteiger partial charge is 0.390 e. The molecule has 1 rings (SSSR count). The van der Waals surface area contributed by atoms with E-state index in [1.54, 1.807) is 18.2 Å². The van der Waals surface area contributed by atoms with Crippen molar-refractivity contribution < 1.29 is 15.0 Å². The number of benzene rings is 1. The lowest BCUT2D eigenvalue weighted by Crippen LogP contribution is -2.27. The molecule has 1 amide bonds. The Balaban J connectivity index is 2.65. The highest BCUT2D eigenvalue weighted by molar-refractivity contribution is 6.32. The maximum atomic E-state index is 10.7. The van der Waals surface area contributed by atoms with Crippen molar-refractivity contribution in [3.63, 3.8) is 0 Å². The Kier molecular flexibility index (Phi) is 6.58. The maximum absolute atomic E-state index is 10.7. The number of hydrogen-bond acceptors (Lipinski definition) is 3. The molecule has 0 aliphatic rings. The number of nitrogens with one attached hydrogen (secondary N) is 1. The summed E-state index contributed by atoms with van der Waals surface area (Å²) in [5.74, 6) is 0.0686. The van der Waals surface area contributed by atoms with Gasteiger partial charge in [-0.15, -0.1) is 11.6 Å². The van der Waals surface area contributed by atoms with Gasteiger partial charge in [-0.25, -0.2) is 0 Å². The molecule has 1 aromatic carbocycles. The Hall–Kier alpha value is -0.810. The summed E-state index contributed by atoms with van der Waals surface area (Å²) in [7, 11) is 0. The summed E-state index contributed by atoms with van der Waals surface area (Å²) in [4.78, 5) is 10.7. The zero-order valence-corrected chi connectivity index (χ0v) is 12.1. The molecule has 2 unspecified atom stereocenters. The average molecular weight is 306 g/mol. The van der Waals surface area contributed by atoms with Crippen molar-refractivity contribution in [1.29, 1.82) is 0 Å². The van der Waals surface area contributed by atoms with E-state index in [0.717, 1.165) is 0 Å². The topological polar surface area (TPSA) is 69.6 Å². The summed E-state index contributed by atoms with van der Waals surface area (Å²) >= 11 is 11.7. The second-order valence-electron chi connectivity index (χ2n) is 4.27. The van der Waals surface area contributed by atoms with E-state index in [1.165, 1.54) is 6.92 Å². The molecular weight excluding hydrogens is 289 g/mol. The van der Waals surface area contributed by atoms with E-state index in [1.807, 2.05) is 0 Å². The third-order valence-corrected chi connectivity index (χ3v) is 3.39. The molecule has 2 atom stereocenters. The van der Waals surface area contributed by atoms with E-state index in [4.69, 9.17) is 23.2 Å². The first-order valence-corrected chi connectivity index (χ1v) is 6.81.